The summed E-state index contributed by atoms with van der Waals surface area (Å²) >= 11 is 0. The molecule has 3 atom stereocenters. The molecule has 1 heterocycles. The van der Waals surface area contributed by atoms with Crippen molar-refractivity contribution in [3.8, 4) is 0 Å². The van der Waals surface area contributed by atoms with Crippen LogP contribution in [0.5, 0.6) is 0 Å². The number of hydrogen-bond acceptors (Lipinski definition) is 2. The monoisotopic (exact) mass is 266 g/mol. The zero-order valence-electron chi connectivity index (χ0n) is 10.5. The molecule has 1 amide bonds. The molecule has 2 unspecified atom stereocenters. The molecule has 19 heavy (non-hydrogen) atoms. The minimum Gasteiger partial charge on any atom is -0.341 e. The maximum absolute atomic E-state index is 13.6. The van der Waals surface area contributed by atoms with Crippen LogP contribution in [0.2, 0.25) is 0 Å². The first-order valence-corrected chi connectivity index (χ1v) is 6.56. The summed E-state index contributed by atoms with van der Waals surface area (Å²) in [5.74, 6) is -1.72. The summed E-state index contributed by atoms with van der Waals surface area (Å²) in [7, 11) is 0. The van der Waals surface area contributed by atoms with Crippen molar-refractivity contribution < 1.29 is 13.6 Å². The Morgan fingerprint density at radius 1 is 1.32 bits per heavy atom. The second kappa shape index (κ2) is 4.56. The molecule has 2 fully saturated rings. The molecule has 2 N–H and O–H groups in total. The molecular weight excluding hydrogens is 250 g/mol. The number of amides is 1. The fourth-order valence-corrected chi connectivity index (χ4v) is 2.87. The van der Waals surface area contributed by atoms with E-state index in [1.165, 1.54) is 18.2 Å². The second-order valence-corrected chi connectivity index (χ2v) is 5.42. The average molecular weight is 266 g/mol. The van der Waals surface area contributed by atoms with Crippen LogP contribution in [0.1, 0.15) is 24.3 Å². The molecule has 1 saturated heterocycles. The van der Waals surface area contributed by atoms with Crippen molar-refractivity contribution in [2.45, 2.75) is 24.8 Å². The van der Waals surface area contributed by atoms with E-state index in [2.05, 4.69) is 0 Å². The lowest BCUT2D eigenvalue weighted by Crippen LogP contribution is -2.33. The molecule has 3 rings (SSSR count). The highest BCUT2D eigenvalue weighted by atomic mass is 19.1. The van der Waals surface area contributed by atoms with Gasteiger partial charge in [-0.25, -0.2) is 8.78 Å². The largest absolute Gasteiger partial charge is 0.341 e. The van der Waals surface area contributed by atoms with Crippen molar-refractivity contribution >= 4 is 5.91 Å². The van der Waals surface area contributed by atoms with Gasteiger partial charge in [0.2, 0.25) is 5.91 Å². The van der Waals surface area contributed by atoms with E-state index >= 15 is 0 Å². The molecule has 3 nitrogen and oxygen atoms in total. The Kier molecular flexibility index (Phi) is 3.01. The van der Waals surface area contributed by atoms with Gasteiger partial charge in [-0.15, -0.1) is 0 Å². The third kappa shape index (κ3) is 2.23. The highest BCUT2D eigenvalue weighted by molar-refractivity contribution is 5.83. The molecule has 1 saturated carbocycles. The van der Waals surface area contributed by atoms with E-state index in [1.54, 1.807) is 4.90 Å². The quantitative estimate of drug-likeness (QED) is 0.884. The van der Waals surface area contributed by atoms with Crippen LogP contribution in [-0.2, 0) is 4.79 Å². The third-order valence-electron chi connectivity index (χ3n) is 4.01. The molecule has 1 aliphatic carbocycles. The SMILES string of the molecule is N[C@@H]1CCN(C(=O)C2CC2c2c(F)cccc2F)C1. The number of benzene rings is 1. The van der Waals surface area contributed by atoms with Gasteiger partial charge in [-0.2, -0.15) is 0 Å². The van der Waals surface area contributed by atoms with Gasteiger partial charge >= 0.3 is 0 Å². The predicted octanol–water partition coefficient (Wildman–Crippen LogP) is 1.63. The van der Waals surface area contributed by atoms with Gasteiger partial charge < -0.3 is 10.6 Å². The smallest absolute Gasteiger partial charge is 0.226 e. The van der Waals surface area contributed by atoms with Gasteiger partial charge in [0.15, 0.2) is 0 Å². The fourth-order valence-electron chi connectivity index (χ4n) is 2.87. The number of nitrogens with two attached hydrogens (primary N) is 1. The van der Waals surface area contributed by atoms with Crippen molar-refractivity contribution in [3.63, 3.8) is 0 Å². The summed E-state index contributed by atoms with van der Waals surface area (Å²) in [5.41, 5.74) is 5.82. The van der Waals surface area contributed by atoms with Crippen LogP contribution in [0.4, 0.5) is 8.78 Å². The van der Waals surface area contributed by atoms with Gasteiger partial charge in [-0.1, -0.05) is 6.07 Å². The summed E-state index contributed by atoms with van der Waals surface area (Å²) in [5, 5.41) is 0. The molecule has 2 aliphatic rings. The average Bonchev–Trinajstić information content (AvgIpc) is 3.02. The highest BCUT2D eigenvalue weighted by Gasteiger charge is 2.48. The van der Waals surface area contributed by atoms with Gasteiger partial charge in [-0.3, -0.25) is 4.79 Å². The lowest BCUT2D eigenvalue weighted by atomic mass is 10.1. The summed E-state index contributed by atoms with van der Waals surface area (Å²) in [6.45, 7) is 1.21. The Labute approximate surface area is 110 Å². The first-order valence-electron chi connectivity index (χ1n) is 6.56. The normalized spacial score (nSPS) is 29.6. The van der Waals surface area contributed by atoms with Crippen molar-refractivity contribution in [3.05, 3.63) is 35.4 Å². The Bertz CT molecular complexity index is 500. The summed E-state index contributed by atoms with van der Waals surface area (Å²) < 4.78 is 27.3. The molecule has 0 aromatic heterocycles. The zero-order chi connectivity index (χ0) is 13.6. The van der Waals surface area contributed by atoms with E-state index in [-0.39, 0.29) is 29.3 Å². The standard InChI is InChI=1S/C14H16F2N2O/c15-11-2-1-3-12(16)13(11)9-6-10(9)14(19)18-5-4-8(17)7-18/h1-3,8-10H,4-7,17H2/t8-,9?,10?/m1/s1. The van der Waals surface area contributed by atoms with Crippen molar-refractivity contribution in [1.82, 2.24) is 4.90 Å². The second-order valence-electron chi connectivity index (χ2n) is 5.42. The van der Waals surface area contributed by atoms with Crippen LogP contribution in [0.15, 0.2) is 18.2 Å². The number of hydrogen-bond donors (Lipinski definition) is 1. The molecule has 1 aromatic carbocycles. The van der Waals surface area contributed by atoms with Crippen LogP contribution < -0.4 is 5.73 Å². The van der Waals surface area contributed by atoms with E-state index in [9.17, 15) is 13.6 Å². The minimum absolute atomic E-state index is 0.0133. The van der Waals surface area contributed by atoms with E-state index in [4.69, 9.17) is 5.73 Å². The van der Waals surface area contributed by atoms with Gasteiger partial charge in [-0.05, 0) is 25.0 Å². The molecule has 5 heteroatoms. The van der Waals surface area contributed by atoms with E-state index in [0.29, 0.717) is 19.5 Å². The molecule has 0 spiro atoms. The predicted molar refractivity (Wildman–Crippen MR) is 66.4 cm³/mol. The molecule has 0 radical (unpaired) electrons. The number of carbonyl (C=O) groups excluding carboxylic acids is 1. The molecule has 102 valence electrons. The maximum Gasteiger partial charge on any atom is 0.226 e. The first-order chi connectivity index (χ1) is 9.08. The minimum atomic E-state index is -0.557. The first kappa shape index (κ1) is 12.5. The zero-order valence-corrected chi connectivity index (χ0v) is 10.5. The van der Waals surface area contributed by atoms with Gasteiger partial charge in [0.1, 0.15) is 11.6 Å². The molecule has 0 bridgehead atoms. The number of nitrogens with zero attached hydrogens (tertiary/aromatic N) is 1. The molecule has 1 aliphatic heterocycles. The van der Waals surface area contributed by atoms with Gasteiger partial charge in [0.05, 0.1) is 0 Å². The lowest BCUT2D eigenvalue weighted by Gasteiger charge is -2.15. The number of halogens is 2. The fraction of sp³-hybridized carbons (Fsp3) is 0.500. The Morgan fingerprint density at radius 3 is 2.58 bits per heavy atom. The van der Waals surface area contributed by atoms with Crippen molar-refractivity contribution in [1.29, 1.82) is 0 Å². The summed E-state index contributed by atoms with van der Waals surface area (Å²) in [4.78, 5) is 13.9. The number of carbonyl (C=O) groups is 1. The van der Waals surface area contributed by atoms with E-state index in [0.717, 1.165) is 6.42 Å². The number of likely N-dealkylation sites (tertiary alicyclic amines) is 1. The van der Waals surface area contributed by atoms with E-state index < -0.39 is 11.6 Å². The Hall–Kier alpha value is -1.49. The number of rotatable bonds is 2. The van der Waals surface area contributed by atoms with Crippen molar-refractivity contribution in [2.24, 2.45) is 11.7 Å². The van der Waals surface area contributed by atoms with Crippen LogP contribution in [-0.4, -0.2) is 29.9 Å². The van der Waals surface area contributed by atoms with Gasteiger partial charge in [0, 0.05) is 36.5 Å². The van der Waals surface area contributed by atoms with Crippen molar-refractivity contribution in [2.75, 3.05) is 13.1 Å². The summed E-state index contributed by atoms with van der Waals surface area (Å²) in [6, 6.07) is 3.85. The molecule has 1 aromatic rings. The maximum atomic E-state index is 13.6. The van der Waals surface area contributed by atoms with Crippen LogP contribution >= 0.6 is 0 Å². The van der Waals surface area contributed by atoms with Crippen LogP contribution in [0.3, 0.4) is 0 Å². The lowest BCUT2D eigenvalue weighted by molar-refractivity contribution is -0.131. The van der Waals surface area contributed by atoms with Crippen LogP contribution in [0, 0.1) is 17.6 Å². The third-order valence-corrected chi connectivity index (χ3v) is 4.01. The molecular formula is C14H16F2N2O. The van der Waals surface area contributed by atoms with E-state index in [1.807, 2.05) is 0 Å². The Balaban J connectivity index is 1.72. The summed E-state index contributed by atoms with van der Waals surface area (Å²) in [6.07, 6.45) is 1.33. The van der Waals surface area contributed by atoms with Gasteiger partial charge in [0.25, 0.3) is 0 Å². The van der Waals surface area contributed by atoms with Crippen LogP contribution in [0.25, 0.3) is 0 Å². The Morgan fingerprint density at radius 2 is 2.00 bits per heavy atom. The highest BCUT2D eigenvalue weighted by Crippen LogP contribution is 2.50. The topological polar surface area (TPSA) is 46.3 Å².